The highest BCUT2D eigenvalue weighted by Gasteiger charge is 2.06. The normalized spacial score (nSPS) is 10.6. The summed E-state index contributed by atoms with van der Waals surface area (Å²) in [6.45, 7) is 0.0179. The molecule has 0 aliphatic carbocycles. The molecule has 1 heterocycles. The summed E-state index contributed by atoms with van der Waals surface area (Å²) in [7, 11) is 1.63. The first-order valence-electron chi connectivity index (χ1n) is 6.60. The lowest BCUT2D eigenvalue weighted by molar-refractivity contribution is 0.281. The van der Waals surface area contributed by atoms with E-state index < -0.39 is 0 Å². The van der Waals surface area contributed by atoms with Gasteiger partial charge in [-0.3, -0.25) is 0 Å². The van der Waals surface area contributed by atoms with Crippen molar-refractivity contribution in [3.05, 3.63) is 60.3 Å². The van der Waals surface area contributed by atoms with Crippen molar-refractivity contribution in [2.45, 2.75) is 6.61 Å². The molecule has 106 valence electrons. The number of benzene rings is 2. The summed E-state index contributed by atoms with van der Waals surface area (Å²) in [6.07, 6.45) is 1.71. The van der Waals surface area contributed by atoms with Crippen molar-refractivity contribution in [3.63, 3.8) is 0 Å². The summed E-state index contributed by atoms with van der Waals surface area (Å²) in [4.78, 5) is 4.29. The van der Waals surface area contributed by atoms with Gasteiger partial charge >= 0.3 is 0 Å². The molecule has 3 aromatic rings. The van der Waals surface area contributed by atoms with E-state index in [9.17, 15) is 0 Å². The van der Waals surface area contributed by atoms with Crippen molar-refractivity contribution in [3.8, 4) is 17.4 Å². The van der Waals surface area contributed by atoms with Gasteiger partial charge in [-0.2, -0.15) is 0 Å². The fourth-order valence-corrected chi connectivity index (χ4v) is 2.10. The van der Waals surface area contributed by atoms with Gasteiger partial charge in [0.25, 0.3) is 0 Å². The maximum absolute atomic E-state index is 9.05. The van der Waals surface area contributed by atoms with Crippen LogP contribution in [0.2, 0.25) is 0 Å². The van der Waals surface area contributed by atoms with Crippen LogP contribution in [0.4, 0.5) is 0 Å². The maximum atomic E-state index is 9.05. The lowest BCUT2D eigenvalue weighted by Crippen LogP contribution is -1.91. The number of methoxy groups -OCH3 is 1. The predicted molar refractivity (Wildman–Crippen MR) is 80.7 cm³/mol. The van der Waals surface area contributed by atoms with E-state index in [-0.39, 0.29) is 6.61 Å². The number of hydrogen-bond donors (Lipinski definition) is 1. The summed E-state index contributed by atoms with van der Waals surface area (Å²) in [5.41, 5.74) is 0.842. The molecule has 1 aromatic heterocycles. The highest BCUT2D eigenvalue weighted by molar-refractivity contribution is 5.88. The largest absolute Gasteiger partial charge is 0.497 e. The third kappa shape index (κ3) is 2.80. The standard InChI is InChI=1S/C17H15NO3/c1-20-15-7-4-13-8-9-18-17(16(13)10-15)21-14-5-2-12(11-19)3-6-14/h2-10,19H,11H2,1H3. The number of rotatable bonds is 4. The minimum atomic E-state index is 0.0179. The second-order valence-corrected chi connectivity index (χ2v) is 4.61. The van der Waals surface area contributed by atoms with Crippen LogP contribution in [-0.4, -0.2) is 17.2 Å². The smallest absolute Gasteiger partial charge is 0.227 e. The summed E-state index contributed by atoms with van der Waals surface area (Å²) < 4.78 is 11.1. The van der Waals surface area contributed by atoms with E-state index in [1.54, 1.807) is 13.3 Å². The van der Waals surface area contributed by atoms with Crippen molar-refractivity contribution in [1.82, 2.24) is 4.98 Å². The second-order valence-electron chi connectivity index (χ2n) is 4.61. The number of pyridine rings is 1. The number of nitrogens with zero attached hydrogens (tertiary/aromatic N) is 1. The minimum Gasteiger partial charge on any atom is -0.497 e. The molecule has 0 radical (unpaired) electrons. The number of aliphatic hydroxyl groups excluding tert-OH is 1. The Hall–Kier alpha value is -2.59. The van der Waals surface area contributed by atoms with Gasteiger partial charge in [-0.15, -0.1) is 0 Å². The van der Waals surface area contributed by atoms with Gasteiger partial charge in [0.05, 0.1) is 13.7 Å². The number of hydrogen-bond acceptors (Lipinski definition) is 4. The van der Waals surface area contributed by atoms with Crippen LogP contribution in [0.3, 0.4) is 0 Å². The van der Waals surface area contributed by atoms with Crippen LogP contribution < -0.4 is 9.47 Å². The summed E-state index contributed by atoms with van der Waals surface area (Å²) in [5.74, 6) is 1.97. The molecule has 0 bridgehead atoms. The van der Waals surface area contributed by atoms with E-state index in [4.69, 9.17) is 14.6 Å². The van der Waals surface area contributed by atoms with Gasteiger partial charge < -0.3 is 14.6 Å². The summed E-state index contributed by atoms with van der Waals surface area (Å²) >= 11 is 0. The first kappa shape index (κ1) is 13.4. The van der Waals surface area contributed by atoms with Crippen molar-refractivity contribution in [2.75, 3.05) is 7.11 Å². The molecule has 3 rings (SSSR count). The van der Waals surface area contributed by atoms with E-state index >= 15 is 0 Å². The van der Waals surface area contributed by atoms with Crippen molar-refractivity contribution in [2.24, 2.45) is 0 Å². The lowest BCUT2D eigenvalue weighted by atomic mass is 10.1. The van der Waals surface area contributed by atoms with E-state index in [2.05, 4.69) is 4.98 Å². The lowest BCUT2D eigenvalue weighted by Gasteiger charge is -2.09. The Bertz CT molecular complexity index is 754. The Morgan fingerprint density at radius 3 is 2.48 bits per heavy atom. The minimum absolute atomic E-state index is 0.0179. The molecule has 21 heavy (non-hydrogen) atoms. The Morgan fingerprint density at radius 2 is 1.76 bits per heavy atom. The van der Waals surface area contributed by atoms with Gasteiger partial charge in [-0.1, -0.05) is 18.2 Å². The summed E-state index contributed by atoms with van der Waals surface area (Å²) in [6, 6.07) is 15.0. The zero-order chi connectivity index (χ0) is 14.7. The van der Waals surface area contributed by atoms with Gasteiger partial charge in [0.1, 0.15) is 11.5 Å². The molecule has 0 saturated carbocycles. The number of aliphatic hydroxyl groups is 1. The van der Waals surface area contributed by atoms with Crippen LogP contribution in [-0.2, 0) is 6.61 Å². The Labute approximate surface area is 122 Å². The monoisotopic (exact) mass is 281 g/mol. The fraction of sp³-hybridized carbons (Fsp3) is 0.118. The van der Waals surface area contributed by atoms with Crippen LogP contribution in [0, 0.1) is 0 Å². The van der Waals surface area contributed by atoms with Gasteiger partial charge in [-0.05, 0) is 41.3 Å². The van der Waals surface area contributed by atoms with E-state index in [0.717, 1.165) is 22.1 Å². The summed E-state index contributed by atoms with van der Waals surface area (Å²) in [5, 5.41) is 11.0. The number of ether oxygens (including phenoxy) is 2. The second kappa shape index (κ2) is 5.81. The van der Waals surface area contributed by atoms with Crippen molar-refractivity contribution < 1.29 is 14.6 Å². The van der Waals surface area contributed by atoms with Crippen LogP contribution in [0.5, 0.6) is 17.4 Å². The zero-order valence-electron chi connectivity index (χ0n) is 11.6. The molecule has 0 atom stereocenters. The Kier molecular flexibility index (Phi) is 3.71. The molecule has 0 saturated heterocycles. The molecule has 0 fully saturated rings. The quantitative estimate of drug-likeness (QED) is 0.795. The van der Waals surface area contributed by atoms with Crippen LogP contribution in [0.1, 0.15) is 5.56 Å². The molecular formula is C17H15NO3. The highest BCUT2D eigenvalue weighted by atomic mass is 16.5. The molecule has 0 aliphatic rings. The first-order valence-corrected chi connectivity index (χ1v) is 6.60. The van der Waals surface area contributed by atoms with Crippen molar-refractivity contribution >= 4 is 10.8 Å². The highest BCUT2D eigenvalue weighted by Crippen LogP contribution is 2.30. The van der Waals surface area contributed by atoms with Crippen LogP contribution in [0.25, 0.3) is 10.8 Å². The average Bonchev–Trinajstić information content (AvgIpc) is 2.55. The molecule has 2 aromatic carbocycles. The molecule has 4 heteroatoms. The molecule has 4 nitrogen and oxygen atoms in total. The molecule has 0 aliphatic heterocycles. The van der Waals surface area contributed by atoms with Crippen LogP contribution in [0.15, 0.2) is 54.7 Å². The van der Waals surface area contributed by atoms with E-state index in [1.807, 2.05) is 48.5 Å². The molecule has 0 amide bonds. The third-order valence-electron chi connectivity index (χ3n) is 3.26. The topological polar surface area (TPSA) is 51.6 Å². The Balaban J connectivity index is 1.98. The molecule has 1 N–H and O–H groups in total. The van der Waals surface area contributed by atoms with Gasteiger partial charge in [0, 0.05) is 11.6 Å². The third-order valence-corrected chi connectivity index (χ3v) is 3.26. The molecule has 0 unspecified atom stereocenters. The molecule has 0 spiro atoms. The zero-order valence-corrected chi connectivity index (χ0v) is 11.6. The van der Waals surface area contributed by atoms with Gasteiger partial charge in [-0.25, -0.2) is 4.98 Å². The Morgan fingerprint density at radius 1 is 1.00 bits per heavy atom. The van der Waals surface area contributed by atoms with Crippen LogP contribution >= 0.6 is 0 Å². The van der Waals surface area contributed by atoms with E-state index in [1.165, 1.54) is 0 Å². The number of fused-ring (bicyclic) bond motifs is 1. The van der Waals surface area contributed by atoms with Gasteiger partial charge in [0.15, 0.2) is 0 Å². The van der Waals surface area contributed by atoms with Crippen molar-refractivity contribution in [1.29, 1.82) is 0 Å². The number of aromatic nitrogens is 1. The SMILES string of the molecule is COc1ccc2ccnc(Oc3ccc(CO)cc3)c2c1. The predicted octanol–water partition coefficient (Wildman–Crippen LogP) is 3.53. The first-order chi connectivity index (χ1) is 10.3. The van der Waals surface area contributed by atoms with E-state index in [0.29, 0.717) is 11.6 Å². The average molecular weight is 281 g/mol. The maximum Gasteiger partial charge on any atom is 0.227 e. The molecular weight excluding hydrogens is 266 g/mol. The fourth-order valence-electron chi connectivity index (χ4n) is 2.10. The van der Waals surface area contributed by atoms with Gasteiger partial charge in [0.2, 0.25) is 5.88 Å².